The van der Waals surface area contributed by atoms with Crippen LogP contribution in [0.4, 0.5) is 10.5 Å². The SMILES string of the molecule is CCc1ccc(C(=O)N2CCN(C(=O)NCc3ccc(N(C)C)cc3)CC2)cc1. The first kappa shape index (κ1) is 20.7. The minimum Gasteiger partial charge on any atom is -0.378 e. The van der Waals surface area contributed by atoms with E-state index in [0.717, 1.165) is 17.7 Å². The van der Waals surface area contributed by atoms with E-state index >= 15 is 0 Å². The van der Waals surface area contributed by atoms with Gasteiger partial charge in [0, 0.05) is 58.1 Å². The zero-order valence-electron chi connectivity index (χ0n) is 17.5. The number of amides is 3. The molecule has 1 heterocycles. The second-order valence-electron chi connectivity index (χ2n) is 7.55. The molecular formula is C23H30N4O2. The molecule has 1 fully saturated rings. The van der Waals surface area contributed by atoms with Crippen LogP contribution in [0.15, 0.2) is 48.5 Å². The van der Waals surface area contributed by atoms with Crippen molar-refractivity contribution in [1.82, 2.24) is 15.1 Å². The van der Waals surface area contributed by atoms with Crippen LogP contribution in [-0.2, 0) is 13.0 Å². The van der Waals surface area contributed by atoms with Gasteiger partial charge in [-0.25, -0.2) is 4.79 Å². The smallest absolute Gasteiger partial charge is 0.317 e. The van der Waals surface area contributed by atoms with Gasteiger partial charge in [-0.2, -0.15) is 0 Å². The fraction of sp³-hybridized carbons (Fsp3) is 0.391. The Morgan fingerprint density at radius 1 is 0.862 bits per heavy atom. The lowest BCUT2D eigenvalue weighted by atomic mass is 10.1. The van der Waals surface area contributed by atoms with Crippen LogP contribution in [0.5, 0.6) is 0 Å². The van der Waals surface area contributed by atoms with Gasteiger partial charge in [0.15, 0.2) is 0 Å². The number of carbonyl (C=O) groups is 2. The van der Waals surface area contributed by atoms with Gasteiger partial charge in [0.2, 0.25) is 0 Å². The summed E-state index contributed by atoms with van der Waals surface area (Å²) in [5.74, 6) is 0.0358. The van der Waals surface area contributed by atoms with Crippen LogP contribution in [0.3, 0.4) is 0 Å². The summed E-state index contributed by atoms with van der Waals surface area (Å²) in [6.45, 7) is 4.79. The highest BCUT2D eigenvalue weighted by Crippen LogP contribution is 2.13. The molecule has 0 aromatic heterocycles. The average molecular weight is 395 g/mol. The van der Waals surface area contributed by atoms with E-state index in [1.807, 2.05) is 72.4 Å². The Labute approximate surface area is 173 Å². The minimum atomic E-state index is -0.0823. The van der Waals surface area contributed by atoms with Gasteiger partial charge >= 0.3 is 6.03 Å². The zero-order chi connectivity index (χ0) is 20.8. The second kappa shape index (κ2) is 9.45. The van der Waals surface area contributed by atoms with E-state index < -0.39 is 0 Å². The number of aryl methyl sites for hydroxylation is 1. The van der Waals surface area contributed by atoms with E-state index in [1.54, 1.807) is 4.90 Å². The normalized spacial score (nSPS) is 13.9. The van der Waals surface area contributed by atoms with Crippen LogP contribution >= 0.6 is 0 Å². The van der Waals surface area contributed by atoms with Crippen molar-refractivity contribution in [2.24, 2.45) is 0 Å². The number of hydrogen-bond donors (Lipinski definition) is 1. The highest BCUT2D eigenvalue weighted by Gasteiger charge is 2.24. The van der Waals surface area contributed by atoms with Crippen LogP contribution in [0, 0.1) is 0 Å². The van der Waals surface area contributed by atoms with Crippen LogP contribution in [0.2, 0.25) is 0 Å². The lowest BCUT2D eigenvalue weighted by molar-refractivity contribution is 0.0665. The van der Waals surface area contributed by atoms with Crippen molar-refractivity contribution in [3.05, 3.63) is 65.2 Å². The lowest BCUT2D eigenvalue weighted by Gasteiger charge is -2.34. The Morgan fingerprint density at radius 3 is 1.97 bits per heavy atom. The molecule has 0 bridgehead atoms. The van der Waals surface area contributed by atoms with Gasteiger partial charge in [0.1, 0.15) is 0 Å². The van der Waals surface area contributed by atoms with E-state index in [2.05, 4.69) is 12.2 Å². The van der Waals surface area contributed by atoms with Crippen molar-refractivity contribution in [3.63, 3.8) is 0 Å². The third-order valence-corrected chi connectivity index (χ3v) is 5.36. The van der Waals surface area contributed by atoms with Gasteiger partial charge in [0.25, 0.3) is 5.91 Å². The molecule has 3 rings (SSSR count). The summed E-state index contributed by atoms with van der Waals surface area (Å²) in [4.78, 5) is 30.8. The Bertz CT molecular complexity index is 823. The molecule has 0 saturated carbocycles. The summed E-state index contributed by atoms with van der Waals surface area (Å²) >= 11 is 0. The minimum absolute atomic E-state index is 0.0358. The van der Waals surface area contributed by atoms with E-state index in [4.69, 9.17) is 0 Å². The lowest BCUT2D eigenvalue weighted by Crippen LogP contribution is -2.53. The third-order valence-electron chi connectivity index (χ3n) is 5.36. The Morgan fingerprint density at radius 2 is 1.41 bits per heavy atom. The van der Waals surface area contributed by atoms with E-state index in [-0.39, 0.29) is 11.9 Å². The van der Waals surface area contributed by atoms with Gasteiger partial charge in [-0.15, -0.1) is 0 Å². The van der Waals surface area contributed by atoms with Gasteiger partial charge in [-0.1, -0.05) is 31.2 Å². The first-order chi connectivity index (χ1) is 14.0. The first-order valence-electron chi connectivity index (χ1n) is 10.1. The zero-order valence-corrected chi connectivity index (χ0v) is 17.5. The molecule has 0 radical (unpaired) electrons. The molecule has 3 amide bonds. The largest absolute Gasteiger partial charge is 0.378 e. The maximum absolute atomic E-state index is 12.7. The van der Waals surface area contributed by atoms with E-state index in [9.17, 15) is 9.59 Å². The van der Waals surface area contributed by atoms with Crippen molar-refractivity contribution < 1.29 is 9.59 Å². The summed E-state index contributed by atoms with van der Waals surface area (Å²) in [7, 11) is 4.00. The molecule has 1 aliphatic rings. The summed E-state index contributed by atoms with van der Waals surface area (Å²) in [5, 5.41) is 2.98. The summed E-state index contributed by atoms with van der Waals surface area (Å²) in [6.07, 6.45) is 0.960. The maximum atomic E-state index is 12.7. The van der Waals surface area contributed by atoms with Crippen molar-refractivity contribution in [1.29, 1.82) is 0 Å². The number of benzene rings is 2. The first-order valence-corrected chi connectivity index (χ1v) is 10.1. The number of nitrogens with one attached hydrogen (secondary N) is 1. The number of piperazine rings is 1. The number of anilines is 1. The summed E-state index contributed by atoms with van der Waals surface area (Å²) < 4.78 is 0. The fourth-order valence-corrected chi connectivity index (χ4v) is 3.38. The van der Waals surface area contributed by atoms with Crippen molar-refractivity contribution in [3.8, 4) is 0 Å². The molecule has 6 heteroatoms. The molecule has 0 atom stereocenters. The topological polar surface area (TPSA) is 55.9 Å². The third kappa shape index (κ3) is 5.28. The van der Waals surface area contributed by atoms with E-state index in [0.29, 0.717) is 38.3 Å². The van der Waals surface area contributed by atoms with Crippen molar-refractivity contribution in [2.75, 3.05) is 45.2 Å². The van der Waals surface area contributed by atoms with Gasteiger partial charge in [-0.05, 0) is 41.8 Å². The van der Waals surface area contributed by atoms with Gasteiger partial charge in [0.05, 0.1) is 0 Å². The van der Waals surface area contributed by atoms with Crippen molar-refractivity contribution in [2.45, 2.75) is 19.9 Å². The monoisotopic (exact) mass is 394 g/mol. The van der Waals surface area contributed by atoms with Crippen molar-refractivity contribution >= 4 is 17.6 Å². The number of carbonyl (C=O) groups excluding carboxylic acids is 2. The molecule has 2 aromatic rings. The van der Waals surface area contributed by atoms with Crippen LogP contribution in [-0.4, -0.2) is 62.0 Å². The molecule has 0 spiro atoms. The van der Waals surface area contributed by atoms with Crippen LogP contribution in [0.25, 0.3) is 0 Å². The molecular weight excluding hydrogens is 364 g/mol. The van der Waals surface area contributed by atoms with E-state index in [1.165, 1.54) is 5.56 Å². The standard InChI is InChI=1S/C23H30N4O2/c1-4-18-5-9-20(10-6-18)22(28)26-13-15-27(16-14-26)23(29)24-17-19-7-11-21(12-8-19)25(2)3/h5-12H,4,13-17H2,1-3H3,(H,24,29). The van der Waals surface area contributed by atoms with Gasteiger partial charge < -0.3 is 20.0 Å². The Kier molecular flexibility index (Phi) is 6.75. The second-order valence-corrected chi connectivity index (χ2v) is 7.55. The molecule has 1 N–H and O–H groups in total. The quantitative estimate of drug-likeness (QED) is 0.848. The summed E-state index contributed by atoms with van der Waals surface area (Å²) in [6, 6.07) is 15.8. The average Bonchev–Trinajstić information content (AvgIpc) is 2.77. The molecule has 1 aliphatic heterocycles. The molecule has 1 saturated heterocycles. The highest BCUT2D eigenvalue weighted by atomic mass is 16.2. The van der Waals surface area contributed by atoms with Gasteiger partial charge in [-0.3, -0.25) is 4.79 Å². The maximum Gasteiger partial charge on any atom is 0.317 e. The number of urea groups is 1. The fourth-order valence-electron chi connectivity index (χ4n) is 3.38. The van der Waals surface area contributed by atoms with Crippen LogP contribution in [0.1, 0.15) is 28.4 Å². The molecule has 0 unspecified atom stereocenters. The number of nitrogens with zero attached hydrogens (tertiary/aromatic N) is 3. The molecule has 154 valence electrons. The molecule has 0 aliphatic carbocycles. The Hall–Kier alpha value is -3.02. The van der Waals surface area contributed by atoms with Crippen LogP contribution < -0.4 is 10.2 Å². The molecule has 6 nitrogen and oxygen atoms in total. The number of rotatable bonds is 5. The Balaban J connectivity index is 1.46. The summed E-state index contributed by atoms with van der Waals surface area (Å²) in [5.41, 5.74) is 4.12. The molecule has 2 aromatic carbocycles. The predicted molar refractivity (Wildman–Crippen MR) is 116 cm³/mol. The highest BCUT2D eigenvalue weighted by molar-refractivity contribution is 5.94. The predicted octanol–water partition coefficient (Wildman–Crippen LogP) is 2.98. The number of hydrogen-bond acceptors (Lipinski definition) is 3. The molecule has 29 heavy (non-hydrogen) atoms.